The van der Waals surface area contributed by atoms with Gasteiger partial charge in [-0.25, -0.2) is 4.98 Å². The average molecular weight is 450 g/mol. The lowest BCUT2D eigenvalue weighted by Crippen LogP contribution is -2.47. The maximum atomic E-state index is 13.0. The van der Waals surface area contributed by atoms with Gasteiger partial charge in [0, 0.05) is 18.3 Å². The van der Waals surface area contributed by atoms with E-state index in [2.05, 4.69) is 15.1 Å². The summed E-state index contributed by atoms with van der Waals surface area (Å²) in [5.74, 6) is 1.65. The lowest BCUT2D eigenvalue weighted by Gasteiger charge is -2.32. The fraction of sp³-hybridized carbons (Fsp3) is 0.474. The first-order chi connectivity index (χ1) is 14.6. The van der Waals surface area contributed by atoms with Crippen LogP contribution in [0.25, 0.3) is 5.78 Å². The molecule has 4 heterocycles. The van der Waals surface area contributed by atoms with Gasteiger partial charge in [0.25, 0.3) is 11.7 Å². The number of fused-ring (bicyclic) bond motifs is 1. The van der Waals surface area contributed by atoms with Crippen LogP contribution in [0.1, 0.15) is 22.3 Å². The highest BCUT2D eigenvalue weighted by molar-refractivity contribution is 7.98. The summed E-state index contributed by atoms with van der Waals surface area (Å²) in [6.07, 6.45) is 1.67. The number of morpholine rings is 1. The number of aryl methyl sites for hydroxylation is 1. The van der Waals surface area contributed by atoms with Crippen molar-refractivity contribution in [1.29, 1.82) is 0 Å². The second-order valence-corrected chi connectivity index (χ2v) is 8.34. The van der Waals surface area contributed by atoms with Crippen molar-refractivity contribution >= 4 is 34.8 Å². The largest absolute Gasteiger partial charge is 0.492 e. The molecule has 1 saturated heterocycles. The Morgan fingerprint density at radius 2 is 2.27 bits per heavy atom. The van der Waals surface area contributed by atoms with Gasteiger partial charge in [0.2, 0.25) is 11.0 Å². The molecule has 0 bridgehead atoms. The lowest BCUT2D eigenvalue weighted by atomic mass is 10.2. The molecule has 1 unspecified atom stereocenters. The second kappa shape index (κ2) is 9.19. The molecule has 160 valence electrons. The first-order valence-corrected chi connectivity index (χ1v) is 11.7. The summed E-state index contributed by atoms with van der Waals surface area (Å²) in [6, 6.07) is 3.65. The third-order valence-electron chi connectivity index (χ3n) is 4.54. The van der Waals surface area contributed by atoms with Crippen molar-refractivity contribution in [3.63, 3.8) is 0 Å². The van der Waals surface area contributed by atoms with Crippen LogP contribution in [-0.2, 0) is 4.74 Å². The third kappa shape index (κ3) is 4.37. The molecule has 0 saturated carbocycles. The number of amides is 1. The number of ether oxygens (including phenoxy) is 3. The summed E-state index contributed by atoms with van der Waals surface area (Å²) < 4.78 is 19.0. The van der Waals surface area contributed by atoms with Crippen LogP contribution in [0, 0.1) is 6.92 Å². The predicted molar refractivity (Wildman–Crippen MR) is 114 cm³/mol. The summed E-state index contributed by atoms with van der Waals surface area (Å²) in [7, 11) is 0. The summed E-state index contributed by atoms with van der Waals surface area (Å²) in [4.78, 5) is 24.1. The van der Waals surface area contributed by atoms with Gasteiger partial charge in [-0.05, 0) is 31.5 Å². The molecule has 11 heteroatoms. The molecule has 0 N–H and O–H groups in total. The lowest BCUT2D eigenvalue weighted by molar-refractivity contribution is -0.0409. The first kappa shape index (κ1) is 20.9. The zero-order valence-electron chi connectivity index (χ0n) is 17.0. The standard InChI is InChI=1S/C19H23N5O4S2/c1-4-26-14-5-8-30-16(14)17(25)23-6-7-27-13(10-23)11-28-15-9-12(2)20-18-21-19(29-3)22-24(15)18/h5,8-9,13H,4,6-7,10-11H2,1-3H3. The number of carbonyl (C=O) groups excluding carboxylic acids is 1. The zero-order valence-corrected chi connectivity index (χ0v) is 18.7. The van der Waals surface area contributed by atoms with E-state index >= 15 is 0 Å². The maximum Gasteiger partial charge on any atom is 0.267 e. The zero-order chi connectivity index (χ0) is 21.1. The Labute approximate surface area is 182 Å². The van der Waals surface area contributed by atoms with E-state index in [0.717, 1.165) is 5.69 Å². The molecule has 1 amide bonds. The number of rotatable bonds is 7. The van der Waals surface area contributed by atoms with E-state index in [1.54, 1.807) is 9.42 Å². The van der Waals surface area contributed by atoms with Crippen molar-refractivity contribution in [2.75, 3.05) is 39.2 Å². The monoisotopic (exact) mass is 449 g/mol. The van der Waals surface area contributed by atoms with Crippen molar-refractivity contribution in [3.05, 3.63) is 28.1 Å². The fourth-order valence-corrected chi connectivity index (χ4v) is 4.31. The topological polar surface area (TPSA) is 91.1 Å². The number of carbonyl (C=O) groups is 1. The highest BCUT2D eigenvalue weighted by Crippen LogP contribution is 2.27. The number of thioether (sulfide) groups is 1. The van der Waals surface area contributed by atoms with E-state index in [-0.39, 0.29) is 12.0 Å². The van der Waals surface area contributed by atoms with E-state index in [0.29, 0.717) is 60.4 Å². The van der Waals surface area contributed by atoms with Gasteiger partial charge in [0.1, 0.15) is 23.3 Å². The van der Waals surface area contributed by atoms with Gasteiger partial charge in [-0.3, -0.25) is 4.79 Å². The number of hydrogen-bond donors (Lipinski definition) is 0. The minimum atomic E-state index is -0.245. The number of nitrogens with zero attached hydrogens (tertiary/aromatic N) is 5. The SMILES string of the molecule is CCOc1ccsc1C(=O)N1CCOC(COc2cc(C)nc3nc(SC)nn23)C1. The van der Waals surface area contributed by atoms with E-state index in [1.165, 1.54) is 23.1 Å². The minimum absolute atomic E-state index is 0.0372. The predicted octanol–water partition coefficient (Wildman–Crippen LogP) is 2.53. The van der Waals surface area contributed by atoms with Crippen LogP contribution in [0.15, 0.2) is 22.7 Å². The van der Waals surface area contributed by atoms with Crippen LogP contribution in [0.2, 0.25) is 0 Å². The first-order valence-electron chi connectivity index (χ1n) is 9.61. The summed E-state index contributed by atoms with van der Waals surface area (Å²) in [6.45, 7) is 6.05. The molecule has 30 heavy (non-hydrogen) atoms. The Hall–Kier alpha value is -2.37. The van der Waals surface area contributed by atoms with Gasteiger partial charge in [-0.1, -0.05) is 11.8 Å². The molecule has 1 fully saturated rings. The van der Waals surface area contributed by atoms with E-state index < -0.39 is 0 Å². The summed E-state index contributed by atoms with van der Waals surface area (Å²) in [5, 5.41) is 6.90. The van der Waals surface area contributed by atoms with E-state index in [9.17, 15) is 4.79 Å². The van der Waals surface area contributed by atoms with Gasteiger partial charge in [0.05, 0.1) is 19.8 Å². The Balaban J connectivity index is 1.43. The Kier molecular flexibility index (Phi) is 6.40. The molecule has 1 aliphatic heterocycles. The van der Waals surface area contributed by atoms with E-state index in [4.69, 9.17) is 14.2 Å². The Morgan fingerprint density at radius 3 is 3.07 bits per heavy atom. The van der Waals surface area contributed by atoms with Crippen LogP contribution >= 0.6 is 23.1 Å². The van der Waals surface area contributed by atoms with Crippen molar-refractivity contribution in [1.82, 2.24) is 24.5 Å². The molecule has 0 aromatic carbocycles. The smallest absolute Gasteiger partial charge is 0.267 e. The summed E-state index contributed by atoms with van der Waals surface area (Å²) in [5.41, 5.74) is 0.792. The van der Waals surface area contributed by atoms with Crippen LogP contribution < -0.4 is 9.47 Å². The van der Waals surface area contributed by atoms with Crippen LogP contribution in [-0.4, -0.2) is 75.7 Å². The quantitative estimate of drug-likeness (QED) is 0.508. The Morgan fingerprint density at radius 1 is 1.40 bits per heavy atom. The van der Waals surface area contributed by atoms with Crippen LogP contribution in [0.3, 0.4) is 0 Å². The fourth-order valence-electron chi connectivity index (χ4n) is 3.17. The molecule has 0 spiro atoms. The molecular formula is C19H23N5O4S2. The molecule has 9 nitrogen and oxygen atoms in total. The average Bonchev–Trinajstić information content (AvgIpc) is 3.38. The van der Waals surface area contributed by atoms with Gasteiger partial charge >= 0.3 is 0 Å². The van der Waals surface area contributed by atoms with Crippen LogP contribution in [0.4, 0.5) is 0 Å². The van der Waals surface area contributed by atoms with Crippen molar-refractivity contribution in [2.24, 2.45) is 0 Å². The molecule has 4 rings (SSSR count). The van der Waals surface area contributed by atoms with Crippen molar-refractivity contribution in [2.45, 2.75) is 25.1 Å². The molecule has 3 aromatic heterocycles. The molecule has 0 aliphatic carbocycles. The molecule has 1 atom stereocenters. The second-order valence-electron chi connectivity index (χ2n) is 6.65. The molecule has 3 aromatic rings. The third-order valence-corrected chi connectivity index (χ3v) is 5.96. The van der Waals surface area contributed by atoms with Gasteiger partial charge in [-0.15, -0.1) is 16.4 Å². The highest BCUT2D eigenvalue weighted by atomic mass is 32.2. The minimum Gasteiger partial charge on any atom is -0.492 e. The molecule has 0 radical (unpaired) electrons. The number of aromatic nitrogens is 4. The van der Waals surface area contributed by atoms with Crippen molar-refractivity contribution < 1.29 is 19.0 Å². The Bertz CT molecular complexity index is 1040. The number of hydrogen-bond acceptors (Lipinski definition) is 9. The highest BCUT2D eigenvalue weighted by Gasteiger charge is 2.28. The maximum absolute atomic E-state index is 13.0. The normalized spacial score (nSPS) is 16.8. The molecular weight excluding hydrogens is 426 g/mol. The van der Waals surface area contributed by atoms with E-state index in [1.807, 2.05) is 37.6 Å². The summed E-state index contributed by atoms with van der Waals surface area (Å²) >= 11 is 2.84. The number of thiophene rings is 1. The van der Waals surface area contributed by atoms with Gasteiger partial charge < -0.3 is 19.1 Å². The molecule has 1 aliphatic rings. The van der Waals surface area contributed by atoms with Crippen molar-refractivity contribution in [3.8, 4) is 11.6 Å². The van der Waals surface area contributed by atoms with Gasteiger partial charge in [-0.2, -0.15) is 9.50 Å². The van der Waals surface area contributed by atoms with Crippen LogP contribution in [0.5, 0.6) is 11.6 Å². The van der Waals surface area contributed by atoms with Gasteiger partial charge in [0.15, 0.2) is 0 Å².